The minimum Gasteiger partial charge on any atom is -0.310 e. The number of pyridine rings is 1. The average molecular weight is 190 g/mol. The molecule has 0 unspecified atom stereocenters. The quantitative estimate of drug-likeness (QED) is 0.697. The van der Waals surface area contributed by atoms with Crippen LogP contribution >= 0.6 is 0 Å². The summed E-state index contributed by atoms with van der Waals surface area (Å²) in [5.41, 5.74) is 1.23. The summed E-state index contributed by atoms with van der Waals surface area (Å²) in [6.45, 7) is 6.80. The van der Waals surface area contributed by atoms with Crippen molar-refractivity contribution in [3.63, 3.8) is 0 Å². The zero-order valence-electron chi connectivity index (χ0n) is 8.74. The lowest BCUT2D eigenvalue weighted by molar-refractivity contribution is 0.517. The van der Waals surface area contributed by atoms with Crippen LogP contribution in [0.2, 0.25) is 0 Å². The van der Waals surface area contributed by atoms with Crippen LogP contribution in [-0.4, -0.2) is 11.0 Å². The van der Waals surface area contributed by atoms with E-state index in [-0.39, 0.29) is 0 Å². The van der Waals surface area contributed by atoms with E-state index in [2.05, 4.69) is 29.9 Å². The summed E-state index contributed by atoms with van der Waals surface area (Å²) < 4.78 is 0. The van der Waals surface area contributed by atoms with E-state index in [1.165, 1.54) is 5.56 Å². The van der Waals surface area contributed by atoms with Gasteiger partial charge in [0.1, 0.15) is 0 Å². The molecule has 0 bridgehead atoms. The number of nitrogens with one attached hydrogen (secondary N) is 1. The molecule has 0 aliphatic rings. The topological polar surface area (TPSA) is 24.9 Å². The first kappa shape index (κ1) is 10.9. The smallest absolute Gasteiger partial charge is 0.0312 e. The zero-order valence-corrected chi connectivity index (χ0v) is 8.74. The highest BCUT2D eigenvalue weighted by molar-refractivity contribution is 5.07. The van der Waals surface area contributed by atoms with Gasteiger partial charge in [-0.15, -0.1) is 6.58 Å². The van der Waals surface area contributed by atoms with Crippen LogP contribution in [0.1, 0.15) is 25.3 Å². The highest BCUT2D eigenvalue weighted by Crippen LogP contribution is 2.00. The van der Waals surface area contributed by atoms with E-state index in [4.69, 9.17) is 0 Å². The minimum atomic E-state index is 0.535. The largest absolute Gasteiger partial charge is 0.310 e. The molecule has 0 aliphatic carbocycles. The lowest BCUT2D eigenvalue weighted by Gasteiger charge is -2.12. The Hall–Kier alpha value is -1.15. The van der Waals surface area contributed by atoms with Crippen molar-refractivity contribution in [1.29, 1.82) is 0 Å². The first-order chi connectivity index (χ1) is 6.83. The van der Waals surface area contributed by atoms with Crippen molar-refractivity contribution in [2.75, 3.05) is 0 Å². The van der Waals surface area contributed by atoms with Crippen molar-refractivity contribution < 1.29 is 0 Å². The Morgan fingerprint density at radius 1 is 1.64 bits per heavy atom. The van der Waals surface area contributed by atoms with E-state index in [0.717, 1.165) is 19.4 Å². The van der Waals surface area contributed by atoms with Gasteiger partial charge in [-0.25, -0.2) is 0 Å². The molecule has 1 N–H and O–H groups in total. The van der Waals surface area contributed by atoms with Crippen LogP contribution in [0.5, 0.6) is 0 Å². The molecule has 2 nitrogen and oxygen atoms in total. The summed E-state index contributed by atoms with van der Waals surface area (Å²) in [6.07, 6.45) is 7.87. The molecule has 1 heterocycles. The third-order valence-electron chi connectivity index (χ3n) is 2.18. The summed E-state index contributed by atoms with van der Waals surface area (Å²) >= 11 is 0. The van der Waals surface area contributed by atoms with Gasteiger partial charge in [-0.3, -0.25) is 4.98 Å². The van der Waals surface area contributed by atoms with Crippen molar-refractivity contribution in [3.8, 4) is 0 Å². The van der Waals surface area contributed by atoms with Crippen molar-refractivity contribution in [1.82, 2.24) is 10.3 Å². The molecule has 0 saturated heterocycles. The van der Waals surface area contributed by atoms with Gasteiger partial charge in [-0.05, 0) is 31.4 Å². The minimum absolute atomic E-state index is 0.535. The van der Waals surface area contributed by atoms with Crippen molar-refractivity contribution in [2.24, 2.45) is 0 Å². The fourth-order valence-electron chi connectivity index (χ4n) is 1.26. The summed E-state index contributed by atoms with van der Waals surface area (Å²) in [7, 11) is 0. The SMILES string of the molecule is C=CCC[C@@H](C)NCc1cccnc1. The lowest BCUT2D eigenvalue weighted by atomic mass is 10.1. The standard InChI is InChI=1S/C12H18N2/c1-3-4-6-11(2)14-10-12-7-5-8-13-9-12/h3,5,7-9,11,14H,1,4,6,10H2,2H3/t11-/m1/s1. The number of nitrogens with zero attached hydrogens (tertiary/aromatic N) is 1. The summed E-state index contributed by atoms with van der Waals surface area (Å²) in [5.74, 6) is 0. The fourth-order valence-corrected chi connectivity index (χ4v) is 1.26. The second kappa shape index (κ2) is 6.33. The Morgan fingerprint density at radius 3 is 3.14 bits per heavy atom. The molecule has 1 aromatic rings. The Bertz CT molecular complexity index is 256. The normalized spacial score (nSPS) is 12.4. The summed E-state index contributed by atoms with van der Waals surface area (Å²) in [4.78, 5) is 4.07. The number of aromatic nitrogens is 1. The first-order valence-corrected chi connectivity index (χ1v) is 5.06. The van der Waals surface area contributed by atoms with Gasteiger partial charge in [-0.1, -0.05) is 12.1 Å². The molecule has 0 saturated carbocycles. The van der Waals surface area contributed by atoms with Crippen molar-refractivity contribution in [3.05, 3.63) is 42.7 Å². The van der Waals surface area contributed by atoms with Gasteiger partial charge in [-0.2, -0.15) is 0 Å². The highest BCUT2D eigenvalue weighted by Gasteiger charge is 1.99. The average Bonchev–Trinajstić information content (AvgIpc) is 2.25. The second-order valence-corrected chi connectivity index (χ2v) is 3.51. The van der Waals surface area contributed by atoms with Gasteiger partial charge in [0.05, 0.1) is 0 Å². The van der Waals surface area contributed by atoms with Gasteiger partial charge in [0.15, 0.2) is 0 Å². The Kier molecular flexibility index (Phi) is 4.94. The van der Waals surface area contributed by atoms with Crippen LogP contribution < -0.4 is 5.32 Å². The Morgan fingerprint density at radius 2 is 2.50 bits per heavy atom. The maximum Gasteiger partial charge on any atom is 0.0312 e. The number of rotatable bonds is 6. The maximum absolute atomic E-state index is 4.07. The van der Waals surface area contributed by atoms with Gasteiger partial charge >= 0.3 is 0 Å². The van der Waals surface area contributed by atoms with Crippen molar-refractivity contribution >= 4 is 0 Å². The van der Waals surface area contributed by atoms with E-state index in [1.54, 1.807) is 6.20 Å². The van der Waals surface area contributed by atoms with Crippen LogP contribution in [-0.2, 0) is 6.54 Å². The molecular weight excluding hydrogens is 172 g/mol. The fraction of sp³-hybridized carbons (Fsp3) is 0.417. The van der Waals surface area contributed by atoms with Gasteiger partial charge in [0, 0.05) is 25.0 Å². The van der Waals surface area contributed by atoms with Crippen LogP contribution in [0.4, 0.5) is 0 Å². The molecule has 1 atom stereocenters. The molecule has 1 aromatic heterocycles. The van der Waals surface area contributed by atoms with E-state index in [1.807, 2.05) is 18.3 Å². The first-order valence-electron chi connectivity index (χ1n) is 5.06. The molecule has 14 heavy (non-hydrogen) atoms. The molecule has 0 amide bonds. The van der Waals surface area contributed by atoms with E-state index >= 15 is 0 Å². The Balaban J connectivity index is 2.23. The molecule has 0 fully saturated rings. The second-order valence-electron chi connectivity index (χ2n) is 3.51. The third-order valence-corrected chi connectivity index (χ3v) is 2.18. The lowest BCUT2D eigenvalue weighted by Crippen LogP contribution is -2.25. The summed E-state index contributed by atoms with van der Waals surface area (Å²) in [6, 6.07) is 4.58. The molecule has 2 heteroatoms. The molecule has 76 valence electrons. The van der Waals surface area contributed by atoms with E-state index < -0.39 is 0 Å². The highest BCUT2D eigenvalue weighted by atomic mass is 14.9. The van der Waals surface area contributed by atoms with Crippen LogP contribution in [0.25, 0.3) is 0 Å². The molecule has 0 spiro atoms. The number of hydrogen-bond acceptors (Lipinski definition) is 2. The van der Waals surface area contributed by atoms with E-state index in [0.29, 0.717) is 6.04 Å². The monoisotopic (exact) mass is 190 g/mol. The Labute approximate surface area is 86.1 Å². The molecule has 0 aromatic carbocycles. The molecule has 1 rings (SSSR count). The van der Waals surface area contributed by atoms with Crippen LogP contribution in [0, 0.1) is 0 Å². The molecule has 0 aliphatic heterocycles. The van der Waals surface area contributed by atoms with Gasteiger partial charge in [0.25, 0.3) is 0 Å². The summed E-state index contributed by atoms with van der Waals surface area (Å²) in [5, 5.41) is 3.45. The number of hydrogen-bond donors (Lipinski definition) is 1. The number of allylic oxidation sites excluding steroid dienone is 1. The molecule has 0 radical (unpaired) electrons. The van der Waals surface area contributed by atoms with Crippen molar-refractivity contribution in [2.45, 2.75) is 32.4 Å². The third kappa shape index (κ3) is 4.19. The van der Waals surface area contributed by atoms with E-state index in [9.17, 15) is 0 Å². The maximum atomic E-state index is 4.07. The zero-order chi connectivity index (χ0) is 10.2. The predicted molar refractivity (Wildman–Crippen MR) is 60.0 cm³/mol. The van der Waals surface area contributed by atoms with Gasteiger partial charge in [0.2, 0.25) is 0 Å². The predicted octanol–water partition coefficient (Wildman–Crippen LogP) is 2.53. The van der Waals surface area contributed by atoms with Crippen LogP contribution in [0.15, 0.2) is 37.2 Å². The molecular formula is C12H18N2. The van der Waals surface area contributed by atoms with Crippen LogP contribution in [0.3, 0.4) is 0 Å². The van der Waals surface area contributed by atoms with Gasteiger partial charge < -0.3 is 5.32 Å².